The van der Waals surface area contributed by atoms with Gasteiger partial charge < -0.3 is 9.84 Å². The number of rotatable bonds is 5. The van der Waals surface area contributed by atoms with Gasteiger partial charge in [-0.1, -0.05) is 63.9 Å². The second-order valence-corrected chi connectivity index (χ2v) is 8.44. The third kappa shape index (κ3) is 4.53. The Balaban J connectivity index is 1.74. The molecule has 0 saturated carbocycles. The number of hydrogen-bond acceptors (Lipinski definition) is 4. The molecule has 4 nitrogen and oxygen atoms in total. The van der Waals surface area contributed by atoms with E-state index in [1.54, 1.807) is 6.07 Å². The van der Waals surface area contributed by atoms with Crippen molar-refractivity contribution in [3.05, 3.63) is 92.9 Å². The molecule has 3 aromatic carbocycles. The fourth-order valence-electron chi connectivity index (χ4n) is 3.63. The maximum atomic E-state index is 10.8. The number of halogens is 2. The fraction of sp³-hybridized carbons (Fsp3) is 0.208. The Morgan fingerprint density at radius 1 is 1.10 bits per heavy atom. The van der Waals surface area contributed by atoms with E-state index in [-0.39, 0.29) is 18.0 Å². The smallest absolute Gasteiger partial charge is 0.162 e. The minimum atomic E-state index is -0.238. The third-order valence-corrected chi connectivity index (χ3v) is 5.89. The largest absolute Gasteiger partial charge is 0.504 e. The molecule has 0 bridgehead atoms. The molecular formula is C24H22BrClN2O2. The number of aliphatic imine (C=N–C) groups is 1. The van der Waals surface area contributed by atoms with Crippen molar-refractivity contribution in [1.82, 2.24) is 5.32 Å². The lowest BCUT2D eigenvalue weighted by atomic mass is 9.93. The predicted octanol–water partition coefficient (Wildman–Crippen LogP) is 6.43. The minimum Gasteiger partial charge on any atom is -0.504 e. The van der Waals surface area contributed by atoms with E-state index in [0.29, 0.717) is 23.8 Å². The molecule has 1 aliphatic heterocycles. The number of benzene rings is 3. The van der Waals surface area contributed by atoms with Crippen molar-refractivity contribution in [2.75, 3.05) is 6.61 Å². The van der Waals surface area contributed by atoms with Crippen molar-refractivity contribution >= 4 is 33.2 Å². The van der Waals surface area contributed by atoms with E-state index in [1.165, 1.54) is 0 Å². The molecule has 0 amide bonds. The van der Waals surface area contributed by atoms with Gasteiger partial charge in [0.25, 0.3) is 0 Å². The van der Waals surface area contributed by atoms with Gasteiger partial charge in [0.15, 0.2) is 11.5 Å². The zero-order chi connectivity index (χ0) is 21.1. The summed E-state index contributed by atoms with van der Waals surface area (Å²) < 4.78 is 6.61. The predicted molar refractivity (Wildman–Crippen MR) is 125 cm³/mol. The number of nitrogens with zero attached hydrogens (tertiary/aromatic N) is 1. The van der Waals surface area contributed by atoms with Gasteiger partial charge in [-0.25, -0.2) is 0 Å². The van der Waals surface area contributed by atoms with E-state index in [4.69, 9.17) is 21.3 Å². The molecule has 0 spiro atoms. The number of phenolic OH excluding ortho intramolecular Hbond substituents is 1. The normalized spacial score (nSPS) is 18.7. The van der Waals surface area contributed by atoms with Crippen molar-refractivity contribution in [1.29, 1.82) is 0 Å². The Labute approximate surface area is 189 Å². The molecule has 154 valence electrons. The van der Waals surface area contributed by atoms with Crippen molar-refractivity contribution in [3.63, 3.8) is 0 Å². The van der Waals surface area contributed by atoms with E-state index in [9.17, 15) is 5.11 Å². The molecule has 30 heavy (non-hydrogen) atoms. The molecule has 0 aromatic heterocycles. The molecular weight excluding hydrogens is 464 g/mol. The zero-order valence-electron chi connectivity index (χ0n) is 16.5. The van der Waals surface area contributed by atoms with Gasteiger partial charge in [0.05, 0.1) is 6.61 Å². The minimum absolute atomic E-state index is 0.123. The molecule has 6 heteroatoms. The van der Waals surface area contributed by atoms with E-state index >= 15 is 0 Å². The molecule has 1 aliphatic rings. The first kappa shape index (κ1) is 20.9. The maximum Gasteiger partial charge on any atom is 0.162 e. The first-order chi connectivity index (χ1) is 14.5. The van der Waals surface area contributed by atoms with Gasteiger partial charge in [-0.05, 0) is 48.4 Å². The highest BCUT2D eigenvalue weighted by Gasteiger charge is 2.28. The molecule has 3 aromatic rings. The summed E-state index contributed by atoms with van der Waals surface area (Å²) in [6.45, 7) is 2.40. The van der Waals surface area contributed by atoms with Crippen LogP contribution in [0, 0.1) is 0 Å². The Bertz CT molecular complexity index is 1050. The van der Waals surface area contributed by atoms with Crippen LogP contribution in [0.5, 0.6) is 11.5 Å². The zero-order valence-corrected chi connectivity index (χ0v) is 18.8. The number of nitrogens with one attached hydrogen (secondary N) is 1. The van der Waals surface area contributed by atoms with Crippen molar-refractivity contribution in [2.45, 2.75) is 25.6 Å². The summed E-state index contributed by atoms with van der Waals surface area (Å²) in [4.78, 5) is 4.98. The summed E-state index contributed by atoms with van der Waals surface area (Å²) in [7, 11) is 0. The van der Waals surface area contributed by atoms with E-state index in [0.717, 1.165) is 26.9 Å². The van der Waals surface area contributed by atoms with Gasteiger partial charge in [0.1, 0.15) is 6.17 Å². The average Bonchev–Trinajstić information content (AvgIpc) is 2.76. The van der Waals surface area contributed by atoms with Crippen molar-refractivity contribution in [3.8, 4) is 11.5 Å². The lowest BCUT2D eigenvalue weighted by Gasteiger charge is -2.31. The van der Waals surface area contributed by atoms with Crippen LogP contribution >= 0.6 is 27.5 Å². The summed E-state index contributed by atoms with van der Waals surface area (Å²) in [6.07, 6.45) is 0.398. The Kier molecular flexibility index (Phi) is 6.42. The highest BCUT2D eigenvalue weighted by Crippen LogP contribution is 2.39. The van der Waals surface area contributed by atoms with Crippen LogP contribution in [0.4, 0.5) is 0 Å². The molecule has 0 radical (unpaired) electrons. The lowest BCUT2D eigenvalue weighted by Crippen LogP contribution is -2.33. The Morgan fingerprint density at radius 3 is 2.53 bits per heavy atom. The number of hydrogen-bond donors (Lipinski definition) is 2. The number of aromatic hydroxyl groups is 1. The highest BCUT2D eigenvalue weighted by molar-refractivity contribution is 9.10. The van der Waals surface area contributed by atoms with Crippen LogP contribution in [-0.2, 0) is 0 Å². The lowest BCUT2D eigenvalue weighted by molar-refractivity contribution is 0.313. The van der Waals surface area contributed by atoms with Gasteiger partial charge in [-0.3, -0.25) is 10.3 Å². The third-order valence-electron chi connectivity index (χ3n) is 5.11. The van der Waals surface area contributed by atoms with Crippen LogP contribution in [0.2, 0.25) is 5.02 Å². The molecule has 2 N–H and O–H groups in total. The van der Waals surface area contributed by atoms with Crippen LogP contribution in [-0.4, -0.2) is 17.4 Å². The average molecular weight is 486 g/mol. The quantitative estimate of drug-likeness (QED) is 0.438. The molecule has 0 unspecified atom stereocenters. The Morgan fingerprint density at radius 2 is 1.83 bits per heavy atom. The van der Waals surface area contributed by atoms with Gasteiger partial charge in [-0.15, -0.1) is 0 Å². The fourth-order valence-corrected chi connectivity index (χ4v) is 4.02. The van der Waals surface area contributed by atoms with Crippen LogP contribution in [0.3, 0.4) is 0 Å². The van der Waals surface area contributed by atoms with Crippen molar-refractivity contribution in [2.24, 2.45) is 4.99 Å². The molecule has 0 fully saturated rings. The maximum absolute atomic E-state index is 10.8. The van der Waals surface area contributed by atoms with Crippen molar-refractivity contribution < 1.29 is 9.84 Å². The van der Waals surface area contributed by atoms with Crippen LogP contribution in [0.25, 0.3) is 0 Å². The number of para-hydroxylation sites is 1. The standard InChI is InChI=1S/C24H22BrClN2O2/c1-2-30-22-5-3-4-19(23(22)29)21-14-20(15-8-12-18(26)13-9-15)27-24(28-21)16-6-10-17(25)11-7-16/h3-13,21,24,28-29H,2,14H2,1H3/t21-,24+/m1/s1. The molecule has 2 atom stereocenters. The van der Waals surface area contributed by atoms with Crippen LogP contribution in [0.15, 0.2) is 76.2 Å². The summed E-state index contributed by atoms with van der Waals surface area (Å²) in [6, 6.07) is 21.3. The SMILES string of the molecule is CCOc1cccc([C@H]2CC(c3ccc(Cl)cc3)=N[C@H](c3ccc(Br)cc3)N2)c1O. The van der Waals surface area contributed by atoms with Gasteiger partial charge in [-0.2, -0.15) is 0 Å². The van der Waals surface area contributed by atoms with E-state index in [1.807, 2.05) is 67.6 Å². The van der Waals surface area contributed by atoms with Crippen LogP contribution in [0.1, 0.15) is 42.2 Å². The Hall–Kier alpha value is -2.34. The molecule has 4 rings (SSSR count). The first-order valence-electron chi connectivity index (χ1n) is 9.84. The molecule has 0 aliphatic carbocycles. The highest BCUT2D eigenvalue weighted by atomic mass is 79.9. The van der Waals surface area contributed by atoms with E-state index in [2.05, 4.69) is 21.2 Å². The van der Waals surface area contributed by atoms with Crippen LogP contribution < -0.4 is 10.1 Å². The topological polar surface area (TPSA) is 53.8 Å². The van der Waals surface area contributed by atoms with Gasteiger partial charge >= 0.3 is 0 Å². The number of ether oxygens (including phenoxy) is 1. The summed E-state index contributed by atoms with van der Waals surface area (Å²) in [5.74, 6) is 0.663. The van der Waals surface area contributed by atoms with Gasteiger partial charge in [0.2, 0.25) is 0 Å². The summed E-state index contributed by atoms with van der Waals surface area (Å²) in [5, 5.41) is 15.1. The summed E-state index contributed by atoms with van der Waals surface area (Å²) in [5.41, 5.74) is 3.83. The summed E-state index contributed by atoms with van der Waals surface area (Å²) >= 11 is 9.57. The second-order valence-electron chi connectivity index (χ2n) is 7.09. The monoisotopic (exact) mass is 484 g/mol. The van der Waals surface area contributed by atoms with Gasteiger partial charge in [0, 0.05) is 33.2 Å². The molecule has 1 heterocycles. The first-order valence-corrected chi connectivity index (χ1v) is 11.0. The second kappa shape index (κ2) is 9.21. The van der Waals surface area contributed by atoms with E-state index < -0.39 is 0 Å². The molecule has 0 saturated heterocycles. The number of phenols is 1.